The molecule has 102 valence electrons. The average molecular weight is 270 g/mol. The van der Waals surface area contributed by atoms with Gasteiger partial charge in [0.05, 0.1) is 16.4 Å². The van der Waals surface area contributed by atoms with Crippen molar-refractivity contribution in [3.8, 4) is 0 Å². The van der Waals surface area contributed by atoms with Crippen LogP contribution in [0.1, 0.15) is 38.6 Å². The van der Waals surface area contributed by atoms with Crippen molar-refractivity contribution in [2.45, 2.75) is 46.6 Å². The van der Waals surface area contributed by atoms with Gasteiger partial charge in [0, 0.05) is 19.5 Å². The van der Waals surface area contributed by atoms with E-state index >= 15 is 0 Å². The van der Waals surface area contributed by atoms with Gasteiger partial charge in [-0.15, -0.1) is 0 Å². The van der Waals surface area contributed by atoms with Crippen LogP contribution in [0.15, 0.2) is 11.6 Å². The Balaban J connectivity index is 2.53. The summed E-state index contributed by atoms with van der Waals surface area (Å²) in [6.07, 6.45) is 4.20. The molecule has 0 spiro atoms. The van der Waals surface area contributed by atoms with E-state index in [1.165, 1.54) is 5.57 Å². The topological polar surface area (TPSA) is 29.9 Å². The summed E-state index contributed by atoms with van der Waals surface area (Å²) in [5.74, 6) is 0. The van der Waals surface area contributed by atoms with Gasteiger partial charge in [0.1, 0.15) is 0 Å². The summed E-state index contributed by atoms with van der Waals surface area (Å²) in [6, 6.07) is 0.549. The molecule has 1 aromatic rings. The van der Waals surface area contributed by atoms with Gasteiger partial charge in [-0.2, -0.15) is 5.10 Å². The normalized spacial score (nSPS) is 12.5. The van der Waals surface area contributed by atoms with Gasteiger partial charge in [0.2, 0.25) is 0 Å². The lowest BCUT2D eigenvalue weighted by molar-refractivity contribution is 0.594. The van der Waals surface area contributed by atoms with Crippen molar-refractivity contribution in [1.82, 2.24) is 15.1 Å². The highest BCUT2D eigenvalue weighted by molar-refractivity contribution is 6.31. The second-order valence-electron chi connectivity index (χ2n) is 5.09. The molecule has 0 radical (unpaired) electrons. The predicted octanol–water partition coefficient (Wildman–Crippen LogP) is 3.26. The van der Waals surface area contributed by atoms with Gasteiger partial charge in [-0.3, -0.25) is 4.68 Å². The molecule has 0 aromatic carbocycles. The third-order valence-electron chi connectivity index (χ3n) is 2.90. The van der Waals surface area contributed by atoms with E-state index in [1.807, 2.05) is 18.7 Å². The summed E-state index contributed by atoms with van der Waals surface area (Å²) >= 11 is 6.24. The number of aryl methyl sites for hydroxylation is 2. The minimum atomic E-state index is 0.549. The van der Waals surface area contributed by atoms with Crippen LogP contribution in [0, 0.1) is 6.92 Å². The first-order chi connectivity index (χ1) is 8.41. The molecule has 1 rings (SSSR count). The van der Waals surface area contributed by atoms with Crippen molar-refractivity contribution in [3.63, 3.8) is 0 Å². The molecule has 0 amide bonds. The maximum absolute atomic E-state index is 6.24. The van der Waals surface area contributed by atoms with Gasteiger partial charge in [0.25, 0.3) is 0 Å². The average Bonchev–Trinajstić information content (AvgIpc) is 2.51. The molecule has 0 aliphatic carbocycles. The minimum absolute atomic E-state index is 0.549. The minimum Gasteiger partial charge on any atom is -0.314 e. The molecule has 0 saturated carbocycles. The van der Waals surface area contributed by atoms with Gasteiger partial charge in [0.15, 0.2) is 0 Å². The van der Waals surface area contributed by atoms with Crippen molar-refractivity contribution < 1.29 is 0 Å². The van der Waals surface area contributed by atoms with E-state index in [-0.39, 0.29) is 0 Å². The summed E-state index contributed by atoms with van der Waals surface area (Å²) in [6.45, 7) is 9.43. The second-order valence-corrected chi connectivity index (χ2v) is 5.47. The number of nitrogens with zero attached hydrogens (tertiary/aromatic N) is 2. The van der Waals surface area contributed by atoms with Gasteiger partial charge in [-0.1, -0.05) is 37.1 Å². The molecule has 1 heterocycles. The lowest BCUT2D eigenvalue weighted by atomic mass is 10.1. The van der Waals surface area contributed by atoms with Crippen LogP contribution in [0.2, 0.25) is 5.02 Å². The predicted molar refractivity (Wildman–Crippen MR) is 78.2 cm³/mol. The lowest BCUT2D eigenvalue weighted by Gasteiger charge is -2.07. The Bertz CT molecular complexity index is 419. The van der Waals surface area contributed by atoms with Crippen molar-refractivity contribution >= 4 is 11.6 Å². The quantitative estimate of drug-likeness (QED) is 0.635. The third-order valence-corrected chi connectivity index (χ3v) is 3.39. The van der Waals surface area contributed by atoms with Crippen LogP contribution >= 0.6 is 11.6 Å². The van der Waals surface area contributed by atoms with Crippen LogP contribution < -0.4 is 5.32 Å². The molecule has 18 heavy (non-hydrogen) atoms. The monoisotopic (exact) mass is 269 g/mol. The zero-order valence-electron chi connectivity index (χ0n) is 12.0. The first kappa shape index (κ1) is 15.3. The maximum atomic E-state index is 6.24. The molecule has 1 aromatic heterocycles. The molecule has 4 heteroatoms. The fourth-order valence-corrected chi connectivity index (χ4v) is 2.13. The van der Waals surface area contributed by atoms with Gasteiger partial charge < -0.3 is 5.32 Å². The summed E-state index contributed by atoms with van der Waals surface area (Å²) in [7, 11) is 1.95. The lowest BCUT2D eigenvalue weighted by Crippen LogP contribution is -2.23. The van der Waals surface area contributed by atoms with Crippen LogP contribution in [-0.4, -0.2) is 22.4 Å². The van der Waals surface area contributed by atoms with Crippen molar-refractivity contribution in [2.24, 2.45) is 7.05 Å². The Kier molecular flexibility index (Phi) is 5.89. The van der Waals surface area contributed by atoms with E-state index in [0.29, 0.717) is 6.04 Å². The first-order valence-electron chi connectivity index (χ1n) is 6.48. The smallest absolute Gasteiger partial charge is 0.0850 e. The number of halogens is 1. The Labute approximate surface area is 115 Å². The number of hydrogen-bond acceptors (Lipinski definition) is 2. The Morgan fingerprint density at radius 1 is 1.50 bits per heavy atom. The number of hydrogen-bond donors (Lipinski definition) is 1. The van der Waals surface area contributed by atoms with Crippen molar-refractivity contribution in [2.75, 3.05) is 6.54 Å². The number of aromatic nitrogens is 2. The molecule has 3 nitrogen and oxygen atoms in total. The molecule has 1 N–H and O–H groups in total. The first-order valence-corrected chi connectivity index (χ1v) is 6.86. The number of allylic oxidation sites excluding steroid dienone is 1. The van der Waals surface area contributed by atoms with Crippen LogP contribution in [0.25, 0.3) is 0 Å². The summed E-state index contributed by atoms with van der Waals surface area (Å²) in [5, 5.41) is 8.53. The molecule has 0 aliphatic rings. The van der Waals surface area contributed by atoms with Crippen LogP contribution in [0.5, 0.6) is 0 Å². The summed E-state index contributed by atoms with van der Waals surface area (Å²) in [4.78, 5) is 0. The third kappa shape index (κ3) is 4.46. The van der Waals surface area contributed by atoms with E-state index in [9.17, 15) is 0 Å². The van der Waals surface area contributed by atoms with E-state index in [0.717, 1.165) is 35.8 Å². The van der Waals surface area contributed by atoms with Gasteiger partial charge in [-0.05, 0) is 26.8 Å². The van der Waals surface area contributed by atoms with Gasteiger partial charge >= 0.3 is 0 Å². The molecule has 0 aliphatic heterocycles. The van der Waals surface area contributed by atoms with Crippen LogP contribution in [0.3, 0.4) is 0 Å². The Hall–Kier alpha value is -0.800. The molecule has 0 fully saturated rings. The second kappa shape index (κ2) is 6.95. The molecular formula is C14H24ClN3. The number of rotatable bonds is 6. The zero-order valence-corrected chi connectivity index (χ0v) is 12.8. The Morgan fingerprint density at radius 3 is 2.67 bits per heavy atom. The fraction of sp³-hybridized carbons (Fsp3) is 0.643. The largest absolute Gasteiger partial charge is 0.314 e. The molecule has 0 bridgehead atoms. The fourth-order valence-electron chi connectivity index (χ4n) is 1.90. The van der Waals surface area contributed by atoms with Crippen LogP contribution in [-0.2, 0) is 13.5 Å². The standard InChI is InChI=1S/C14H24ClN3/c1-10(2)16-8-6-7-11(3)9-13-14(15)12(4)17-18(13)5/h7,10,16H,6,8-9H2,1-5H3. The zero-order chi connectivity index (χ0) is 13.7. The van der Waals surface area contributed by atoms with Gasteiger partial charge in [-0.25, -0.2) is 0 Å². The Morgan fingerprint density at radius 2 is 2.17 bits per heavy atom. The van der Waals surface area contributed by atoms with Crippen molar-refractivity contribution in [3.05, 3.63) is 28.1 Å². The van der Waals surface area contributed by atoms with Crippen LogP contribution in [0.4, 0.5) is 0 Å². The summed E-state index contributed by atoms with van der Waals surface area (Å²) < 4.78 is 1.88. The van der Waals surface area contributed by atoms with E-state index < -0.39 is 0 Å². The summed E-state index contributed by atoms with van der Waals surface area (Å²) in [5.41, 5.74) is 3.34. The molecular weight excluding hydrogens is 246 g/mol. The highest BCUT2D eigenvalue weighted by Crippen LogP contribution is 2.22. The number of nitrogens with one attached hydrogen (secondary N) is 1. The highest BCUT2D eigenvalue weighted by Gasteiger charge is 2.10. The maximum Gasteiger partial charge on any atom is 0.0850 e. The van der Waals surface area contributed by atoms with Crippen molar-refractivity contribution in [1.29, 1.82) is 0 Å². The van der Waals surface area contributed by atoms with E-state index in [1.54, 1.807) is 0 Å². The molecule has 0 unspecified atom stereocenters. The SMILES string of the molecule is CC(=CCCNC(C)C)Cc1c(Cl)c(C)nn1C. The molecule has 0 atom stereocenters. The molecule has 0 saturated heterocycles. The van der Waals surface area contributed by atoms with E-state index in [4.69, 9.17) is 11.6 Å². The van der Waals surface area contributed by atoms with E-state index in [2.05, 4.69) is 37.3 Å². The highest BCUT2D eigenvalue weighted by atomic mass is 35.5.